The van der Waals surface area contributed by atoms with E-state index in [1.165, 1.54) is 71.6 Å². The standard InChI is InChI=1S/C13H28N6P2S2/c22-20(16-6-7-16,17-8-9-17)14-4-2-1-3-5-15-21(23,18-10-11-18)19-12-13-19/h1-13H2,(H,14,22)(H,15,23). The van der Waals surface area contributed by atoms with E-state index in [4.69, 9.17) is 23.6 Å². The van der Waals surface area contributed by atoms with Crippen LogP contribution in [-0.2, 0) is 23.6 Å². The summed E-state index contributed by atoms with van der Waals surface area (Å²) in [7, 11) is 0. The first-order valence-electron chi connectivity index (χ1n) is 8.85. The summed E-state index contributed by atoms with van der Waals surface area (Å²) < 4.78 is 9.84. The topological polar surface area (TPSA) is 36.1 Å². The number of unbranched alkanes of at least 4 members (excludes halogenated alkanes) is 2. The Bertz CT molecular complexity index is 453. The smallest absolute Gasteiger partial charge is 0.143 e. The monoisotopic (exact) mass is 394 g/mol. The highest BCUT2D eigenvalue weighted by molar-refractivity contribution is 8.11. The number of rotatable bonds is 12. The zero-order chi connectivity index (χ0) is 15.9. The van der Waals surface area contributed by atoms with Crippen molar-refractivity contribution in [1.29, 1.82) is 0 Å². The molecule has 0 bridgehead atoms. The van der Waals surface area contributed by atoms with E-state index in [-0.39, 0.29) is 0 Å². The normalized spacial score (nSPS) is 25.7. The van der Waals surface area contributed by atoms with Crippen molar-refractivity contribution >= 4 is 36.6 Å². The lowest BCUT2D eigenvalue weighted by Gasteiger charge is -2.26. The molecular weight excluding hydrogens is 366 g/mol. The van der Waals surface area contributed by atoms with E-state index >= 15 is 0 Å². The third-order valence-corrected chi connectivity index (χ3v) is 14.2. The van der Waals surface area contributed by atoms with E-state index in [0.29, 0.717) is 0 Å². The first-order valence-corrected chi connectivity index (χ1v) is 14.3. The Morgan fingerprint density at radius 3 is 1.13 bits per heavy atom. The van der Waals surface area contributed by atoms with Crippen molar-refractivity contribution in [3.63, 3.8) is 0 Å². The predicted octanol–water partition coefficient (Wildman–Crippen LogP) is 1.05. The van der Waals surface area contributed by atoms with Gasteiger partial charge in [0, 0.05) is 65.4 Å². The van der Waals surface area contributed by atoms with Gasteiger partial charge in [0.15, 0.2) is 0 Å². The maximum Gasteiger partial charge on any atom is 0.143 e. The van der Waals surface area contributed by atoms with Gasteiger partial charge in [-0.25, -0.2) is 18.7 Å². The SMILES string of the molecule is S=P(NCCCCCNP(=S)(N1CC1)N1CC1)(N1CC1)N1CC1. The molecular formula is C13H28N6P2S2. The number of hydrogen-bond acceptors (Lipinski definition) is 2. The highest BCUT2D eigenvalue weighted by atomic mass is 32.5. The molecule has 0 unspecified atom stereocenters. The van der Waals surface area contributed by atoms with Crippen LogP contribution < -0.4 is 10.2 Å². The Morgan fingerprint density at radius 2 is 0.870 bits per heavy atom. The first-order chi connectivity index (χ1) is 11.1. The minimum Gasteiger partial charge on any atom is -0.265 e. The van der Waals surface area contributed by atoms with Crippen LogP contribution in [0.4, 0.5) is 0 Å². The third-order valence-electron chi connectivity index (χ3n) is 4.72. The summed E-state index contributed by atoms with van der Waals surface area (Å²) in [6.07, 6.45) is 3.70. The molecule has 23 heavy (non-hydrogen) atoms. The van der Waals surface area contributed by atoms with Gasteiger partial charge in [-0.05, 0) is 36.5 Å². The van der Waals surface area contributed by atoms with E-state index in [9.17, 15) is 0 Å². The molecule has 6 nitrogen and oxygen atoms in total. The largest absolute Gasteiger partial charge is 0.265 e. The zero-order valence-corrected chi connectivity index (χ0v) is 17.1. The van der Waals surface area contributed by atoms with Crippen molar-refractivity contribution in [3.8, 4) is 0 Å². The van der Waals surface area contributed by atoms with Crippen LogP contribution in [0.5, 0.6) is 0 Å². The lowest BCUT2D eigenvalue weighted by Crippen LogP contribution is -2.23. The second kappa shape index (κ2) is 6.99. The van der Waals surface area contributed by atoms with E-state index < -0.39 is 13.0 Å². The summed E-state index contributed by atoms with van der Waals surface area (Å²) >= 11 is 11.8. The summed E-state index contributed by atoms with van der Waals surface area (Å²) in [6.45, 7) is 8.66. The van der Waals surface area contributed by atoms with Crippen LogP contribution >= 0.6 is 13.0 Å². The van der Waals surface area contributed by atoms with Gasteiger partial charge in [-0.2, -0.15) is 0 Å². The minimum atomic E-state index is -1.52. The highest BCUT2D eigenvalue weighted by Gasteiger charge is 2.44. The molecule has 0 atom stereocenters. The van der Waals surface area contributed by atoms with Gasteiger partial charge in [0.2, 0.25) is 0 Å². The molecule has 0 aromatic rings. The fourth-order valence-corrected chi connectivity index (χ4v) is 10.3. The molecule has 0 spiro atoms. The number of nitrogens with zero attached hydrogens (tertiary/aromatic N) is 4. The van der Waals surface area contributed by atoms with Crippen molar-refractivity contribution in [2.75, 3.05) is 65.4 Å². The summed E-state index contributed by atoms with van der Waals surface area (Å²) in [5.41, 5.74) is 0. The second-order valence-corrected chi connectivity index (χ2v) is 14.9. The maximum absolute atomic E-state index is 5.91. The van der Waals surface area contributed by atoms with Crippen molar-refractivity contribution in [2.45, 2.75) is 19.3 Å². The number of hydrogen-bond donors (Lipinski definition) is 2. The van der Waals surface area contributed by atoms with E-state index in [1.807, 2.05) is 0 Å². The molecule has 4 aliphatic heterocycles. The van der Waals surface area contributed by atoms with Crippen molar-refractivity contribution in [3.05, 3.63) is 0 Å². The third kappa shape index (κ3) is 4.25. The molecule has 0 aromatic heterocycles. The molecule has 4 saturated heterocycles. The molecule has 132 valence electrons. The molecule has 4 fully saturated rings. The van der Waals surface area contributed by atoms with Gasteiger partial charge in [-0.3, -0.25) is 10.2 Å². The van der Waals surface area contributed by atoms with Crippen molar-refractivity contribution < 1.29 is 0 Å². The van der Waals surface area contributed by atoms with Crippen LogP contribution in [0.2, 0.25) is 0 Å². The molecule has 10 heteroatoms. The quantitative estimate of drug-likeness (QED) is 0.289. The van der Waals surface area contributed by atoms with Gasteiger partial charge in [-0.1, -0.05) is 6.42 Å². The molecule has 0 aliphatic carbocycles. The second-order valence-electron chi connectivity index (χ2n) is 6.78. The minimum absolute atomic E-state index is 1.07. The van der Waals surface area contributed by atoms with Crippen molar-refractivity contribution in [1.82, 2.24) is 28.9 Å². The van der Waals surface area contributed by atoms with Crippen LogP contribution in [0, 0.1) is 0 Å². The van der Waals surface area contributed by atoms with E-state index in [0.717, 1.165) is 13.1 Å². The number of nitrogens with one attached hydrogen (secondary N) is 2. The zero-order valence-electron chi connectivity index (χ0n) is 13.7. The average molecular weight is 394 g/mol. The Balaban J connectivity index is 1.10. The van der Waals surface area contributed by atoms with Crippen LogP contribution in [-0.4, -0.2) is 84.1 Å². The molecule has 0 saturated carbocycles. The lowest BCUT2D eigenvalue weighted by molar-refractivity contribution is 0.637. The first kappa shape index (κ1) is 17.5. The van der Waals surface area contributed by atoms with Crippen molar-refractivity contribution in [2.24, 2.45) is 0 Å². The fourth-order valence-electron chi connectivity index (χ4n) is 2.90. The Labute approximate surface area is 150 Å². The van der Waals surface area contributed by atoms with Crippen LogP contribution in [0.15, 0.2) is 0 Å². The molecule has 4 rings (SSSR count). The van der Waals surface area contributed by atoms with Crippen LogP contribution in [0.3, 0.4) is 0 Å². The Kier molecular flexibility index (Phi) is 5.31. The molecule has 4 aliphatic rings. The lowest BCUT2D eigenvalue weighted by atomic mass is 10.2. The van der Waals surface area contributed by atoms with Gasteiger partial charge >= 0.3 is 0 Å². The van der Waals surface area contributed by atoms with E-state index in [2.05, 4.69) is 28.9 Å². The summed E-state index contributed by atoms with van der Waals surface area (Å²) in [4.78, 5) is 0. The van der Waals surface area contributed by atoms with Gasteiger partial charge in [0.1, 0.15) is 13.0 Å². The Hall–Kier alpha value is 1.06. The van der Waals surface area contributed by atoms with Gasteiger partial charge < -0.3 is 0 Å². The van der Waals surface area contributed by atoms with Gasteiger partial charge in [0.25, 0.3) is 0 Å². The predicted molar refractivity (Wildman–Crippen MR) is 105 cm³/mol. The van der Waals surface area contributed by atoms with Gasteiger partial charge in [0.05, 0.1) is 0 Å². The Morgan fingerprint density at radius 1 is 0.565 bits per heavy atom. The molecule has 0 radical (unpaired) electrons. The van der Waals surface area contributed by atoms with Crippen LogP contribution in [0.25, 0.3) is 0 Å². The maximum atomic E-state index is 5.91. The van der Waals surface area contributed by atoms with E-state index in [1.54, 1.807) is 0 Å². The molecule has 0 amide bonds. The molecule has 2 N–H and O–H groups in total. The summed E-state index contributed by atoms with van der Waals surface area (Å²) in [5.74, 6) is 0. The molecule has 0 aromatic carbocycles. The fraction of sp³-hybridized carbons (Fsp3) is 1.00. The van der Waals surface area contributed by atoms with Crippen LogP contribution in [0.1, 0.15) is 19.3 Å². The molecule has 4 heterocycles. The summed E-state index contributed by atoms with van der Waals surface area (Å²) in [5, 5.41) is 7.42. The summed E-state index contributed by atoms with van der Waals surface area (Å²) in [6, 6.07) is 0. The van der Waals surface area contributed by atoms with Gasteiger partial charge in [-0.15, -0.1) is 0 Å². The average Bonchev–Trinajstić information content (AvgIpc) is 3.45. The highest BCUT2D eigenvalue weighted by Crippen LogP contribution is 2.57.